The number of pyridine rings is 1. The Morgan fingerprint density at radius 1 is 1.67 bits per heavy atom. The summed E-state index contributed by atoms with van der Waals surface area (Å²) in [5.41, 5.74) is 0. The molecule has 0 saturated carbocycles. The fourth-order valence-corrected chi connectivity index (χ4v) is 2.05. The lowest BCUT2D eigenvalue weighted by atomic mass is 10.4. The average molecular weight is 234 g/mol. The van der Waals surface area contributed by atoms with Gasteiger partial charge in [0.1, 0.15) is 4.90 Å². The summed E-state index contributed by atoms with van der Waals surface area (Å²) >= 11 is 0. The molecule has 0 aromatic carbocycles. The Bertz CT molecular complexity index is 433. The Morgan fingerprint density at radius 3 is 2.87 bits per heavy atom. The van der Waals surface area contributed by atoms with Crippen LogP contribution in [0.25, 0.3) is 0 Å². The summed E-state index contributed by atoms with van der Waals surface area (Å²) in [5, 5.41) is 8.90. The molecule has 1 aromatic rings. The quantitative estimate of drug-likeness (QED) is 0.761. The largest absolute Gasteiger partial charge is 0.392 e. The average Bonchev–Trinajstić information content (AvgIpc) is 2.15. The van der Waals surface area contributed by atoms with Crippen molar-refractivity contribution in [2.45, 2.75) is 17.9 Å². The van der Waals surface area contributed by atoms with E-state index in [1.165, 1.54) is 13.1 Å². The lowest BCUT2D eigenvalue weighted by molar-refractivity contribution is 0.198. The number of nitrogens with one attached hydrogen (secondary N) is 1. The van der Waals surface area contributed by atoms with Crippen molar-refractivity contribution in [3.05, 3.63) is 24.3 Å². The number of sulfonamides is 1. The number of aliphatic hydroxyl groups excluding tert-OH is 1. The predicted octanol–water partition coefficient (Wildman–Crippen LogP) is -0.120. The van der Waals surface area contributed by atoms with Crippen molar-refractivity contribution in [1.82, 2.24) is 9.71 Å². The van der Waals surface area contributed by atoms with Gasteiger partial charge in [-0.2, -0.15) is 0 Å². The highest BCUT2D eigenvalue weighted by Gasteiger charge is 2.18. The first-order valence-electron chi connectivity index (χ1n) is 4.20. The van der Waals surface area contributed by atoms with E-state index in [0.29, 0.717) is 0 Å². The van der Waals surface area contributed by atoms with Gasteiger partial charge < -0.3 is 5.11 Å². The van der Waals surface area contributed by atoms with Gasteiger partial charge in [0.25, 0.3) is 0 Å². The third-order valence-electron chi connectivity index (χ3n) is 1.59. The van der Waals surface area contributed by atoms with Crippen molar-refractivity contribution < 1.29 is 17.9 Å². The van der Waals surface area contributed by atoms with E-state index < -0.39 is 26.8 Å². The highest BCUT2D eigenvalue weighted by molar-refractivity contribution is 7.89. The second kappa shape index (κ2) is 4.65. The maximum Gasteiger partial charge on any atom is 0.243 e. The highest BCUT2D eigenvalue weighted by atomic mass is 32.2. The molecule has 1 atom stereocenters. The zero-order chi connectivity index (χ0) is 11.5. The molecule has 84 valence electrons. The number of nitrogens with zero attached hydrogens (tertiary/aromatic N) is 1. The molecular weight excluding hydrogens is 223 g/mol. The van der Waals surface area contributed by atoms with Gasteiger partial charge in [-0.15, -0.1) is 0 Å². The van der Waals surface area contributed by atoms with Crippen molar-refractivity contribution >= 4 is 10.0 Å². The molecule has 0 aliphatic heterocycles. The van der Waals surface area contributed by atoms with Crippen LogP contribution in [0, 0.1) is 5.82 Å². The topological polar surface area (TPSA) is 79.3 Å². The molecule has 1 aromatic heterocycles. The van der Waals surface area contributed by atoms with Crippen molar-refractivity contribution in [2.75, 3.05) is 6.54 Å². The molecule has 5 nitrogen and oxygen atoms in total. The fraction of sp³-hybridized carbons (Fsp3) is 0.375. The molecule has 1 rings (SSSR count). The first-order chi connectivity index (χ1) is 6.93. The normalized spacial score (nSPS) is 13.8. The van der Waals surface area contributed by atoms with Crippen molar-refractivity contribution in [2.24, 2.45) is 0 Å². The number of aliphatic hydroxyl groups is 1. The van der Waals surface area contributed by atoms with E-state index in [-0.39, 0.29) is 6.54 Å². The third kappa shape index (κ3) is 3.22. The molecule has 15 heavy (non-hydrogen) atoms. The maximum atomic E-state index is 13.1. The summed E-state index contributed by atoms with van der Waals surface area (Å²) in [6.07, 6.45) is 1.17. The third-order valence-corrected chi connectivity index (χ3v) is 3.05. The smallest absolute Gasteiger partial charge is 0.243 e. The molecule has 1 heterocycles. The van der Waals surface area contributed by atoms with E-state index in [0.717, 1.165) is 12.3 Å². The van der Waals surface area contributed by atoms with E-state index >= 15 is 0 Å². The van der Waals surface area contributed by atoms with Crippen molar-refractivity contribution in [3.8, 4) is 0 Å². The number of hydrogen-bond acceptors (Lipinski definition) is 4. The minimum Gasteiger partial charge on any atom is -0.392 e. The zero-order valence-electron chi connectivity index (χ0n) is 8.01. The molecule has 0 spiro atoms. The minimum atomic E-state index is -3.91. The lowest BCUT2D eigenvalue weighted by Gasteiger charge is -2.08. The molecule has 0 saturated heterocycles. The van der Waals surface area contributed by atoms with E-state index in [1.807, 2.05) is 0 Å². The molecular formula is C8H11FN2O3S. The Hall–Kier alpha value is -1.05. The zero-order valence-corrected chi connectivity index (χ0v) is 8.83. The molecule has 7 heteroatoms. The maximum absolute atomic E-state index is 13.1. The Kier molecular flexibility index (Phi) is 3.72. The summed E-state index contributed by atoms with van der Waals surface area (Å²) in [6.45, 7) is 1.26. The van der Waals surface area contributed by atoms with Crippen LogP contribution in [0.4, 0.5) is 4.39 Å². The number of halogens is 1. The van der Waals surface area contributed by atoms with Crippen LogP contribution in [0.1, 0.15) is 6.92 Å². The van der Waals surface area contributed by atoms with Gasteiger partial charge >= 0.3 is 0 Å². The van der Waals surface area contributed by atoms with Crippen LogP contribution in [0.2, 0.25) is 0 Å². The molecule has 0 aliphatic carbocycles. The Morgan fingerprint density at radius 2 is 2.33 bits per heavy atom. The van der Waals surface area contributed by atoms with Crippen LogP contribution in [0.3, 0.4) is 0 Å². The van der Waals surface area contributed by atoms with Crippen LogP contribution in [0.15, 0.2) is 23.4 Å². The molecule has 0 radical (unpaired) electrons. The van der Waals surface area contributed by atoms with Gasteiger partial charge in [-0.05, 0) is 13.0 Å². The standard InChI is InChI=1S/C8H11FN2O3S/c1-6(12)4-11-15(13,14)8-2-3-10-5-7(8)9/h2-3,5-6,11-12H,4H2,1H3/t6-/m1/s1. The molecule has 0 amide bonds. The summed E-state index contributed by atoms with van der Waals surface area (Å²) < 4.78 is 38.1. The summed E-state index contributed by atoms with van der Waals surface area (Å²) in [7, 11) is -3.91. The van der Waals surface area contributed by atoms with Crippen molar-refractivity contribution in [3.63, 3.8) is 0 Å². The molecule has 0 aliphatic rings. The predicted molar refractivity (Wildman–Crippen MR) is 51.1 cm³/mol. The second-order valence-corrected chi connectivity index (χ2v) is 4.74. The van der Waals surface area contributed by atoms with E-state index in [9.17, 15) is 12.8 Å². The first-order valence-corrected chi connectivity index (χ1v) is 5.69. The minimum absolute atomic E-state index is 0.163. The van der Waals surface area contributed by atoms with Gasteiger partial charge in [-0.3, -0.25) is 4.98 Å². The van der Waals surface area contributed by atoms with Crippen LogP contribution >= 0.6 is 0 Å². The highest BCUT2D eigenvalue weighted by Crippen LogP contribution is 2.11. The van der Waals surface area contributed by atoms with Crippen LogP contribution in [-0.4, -0.2) is 31.2 Å². The molecule has 0 bridgehead atoms. The van der Waals surface area contributed by atoms with Crippen molar-refractivity contribution in [1.29, 1.82) is 0 Å². The second-order valence-electron chi connectivity index (χ2n) is 3.01. The number of hydrogen-bond donors (Lipinski definition) is 2. The van der Waals surface area contributed by atoms with E-state index in [1.54, 1.807) is 0 Å². The van der Waals surface area contributed by atoms with E-state index in [4.69, 9.17) is 5.11 Å². The number of rotatable bonds is 4. The fourth-order valence-electron chi connectivity index (χ4n) is 0.888. The lowest BCUT2D eigenvalue weighted by Crippen LogP contribution is -2.31. The Balaban J connectivity index is 2.92. The van der Waals surface area contributed by atoms with Gasteiger partial charge in [0, 0.05) is 12.7 Å². The summed E-state index contributed by atoms with van der Waals surface area (Å²) in [6, 6.07) is 1.06. The van der Waals surface area contributed by atoms with E-state index in [2.05, 4.69) is 9.71 Å². The summed E-state index contributed by atoms with van der Waals surface area (Å²) in [4.78, 5) is 2.96. The van der Waals surface area contributed by atoms with Gasteiger partial charge in [0.05, 0.1) is 12.3 Å². The monoisotopic (exact) mass is 234 g/mol. The molecule has 0 fully saturated rings. The SMILES string of the molecule is C[C@@H](O)CNS(=O)(=O)c1ccncc1F. The Labute approximate surface area is 87.0 Å². The summed E-state index contributed by atoms with van der Waals surface area (Å²) in [5.74, 6) is -0.921. The first kappa shape index (κ1) is 12.0. The van der Waals surface area contributed by atoms with Gasteiger partial charge in [0.15, 0.2) is 5.82 Å². The van der Waals surface area contributed by atoms with Gasteiger partial charge in [0.2, 0.25) is 10.0 Å². The number of aromatic nitrogens is 1. The van der Waals surface area contributed by atoms with Gasteiger partial charge in [-0.1, -0.05) is 0 Å². The van der Waals surface area contributed by atoms with Crippen LogP contribution in [0.5, 0.6) is 0 Å². The van der Waals surface area contributed by atoms with Crippen LogP contribution < -0.4 is 4.72 Å². The van der Waals surface area contributed by atoms with Gasteiger partial charge in [-0.25, -0.2) is 17.5 Å². The molecule has 2 N–H and O–H groups in total. The van der Waals surface area contributed by atoms with Crippen LogP contribution in [-0.2, 0) is 10.0 Å². The molecule has 0 unspecified atom stereocenters.